The number of hydrogen-bond donors (Lipinski definition) is 2. The summed E-state index contributed by atoms with van der Waals surface area (Å²) in [5, 5.41) is 24.2. The Morgan fingerprint density at radius 3 is 2.85 bits per heavy atom. The predicted octanol–water partition coefficient (Wildman–Crippen LogP) is 3.56. The summed E-state index contributed by atoms with van der Waals surface area (Å²) in [4.78, 5) is 28.1. The molecule has 4 rings (SSSR count). The molecule has 0 aliphatic carbocycles. The second-order valence-corrected chi connectivity index (χ2v) is 6.38. The van der Waals surface area contributed by atoms with E-state index in [1.54, 1.807) is 13.0 Å². The van der Waals surface area contributed by atoms with Crippen LogP contribution in [0.15, 0.2) is 48.2 Å². The van der Waals surface area contributed by atoms with Crippen LogP contribution < -0.4 is 5.32 Å². The van der Waals surface area contributed by atoms with Crippen LogP contribution in [0.5, 0.6) is 0 Å². The van der Waals surface area contributed by atoms with Crippen molar-refractivity contribution in [2.24, 2.45) is 0 Å². The molecule has 3 aromatic rings. The van der Waals surface area contributed by atoms with Gasteiger partial charge in [0.05, 0.1) is 16.0 Å². The molecule has 0 unspecified atom stereocenters. The number of carbonyl (C=O) groups is 1. The van der Waals surface area contributed by atoms with E-state index < -0.39 is 10.8 Å². The van der Waals surface area contributed by atoms with Crippen LogP contribution in [0, 0.1) is 17.0 Å². The molecular weight excluding hydrogens is 348 g/mol. The van der Waals surface area contributed by atoms with Gasteiger partial charge in [-0.3, -0.25) is 14.9 Å². The number of anilines is 1. The lowest BCUT2D eigenvalue weighted by molar-refractivity contribution is -0.384. The first-order valence-electron chi connectivity index (χ1n) is 8.40. The van der Waals surface area contributed by atoms with Crippen LogP contribution in [0.4, 0.5) is 11.4 Å². The van der Waals surface area contributed by atoms with Gasteiger partial charge < -0.3 is 15.0 Å². The molecule has 2 aromatic carbocycles. The third-order valence-electron chi connectivity index (χ3n) is 4.56. The predicted molar refractivity (Wildman–Crippen MR) is 100 cm³/mol. The third-order valence-corrected chi connectivity index (χ3v) is 4.56. The standard InChI is InChI=1S/C19H16N4O4/c1-11-6-7-13(15(10-11)23(26)27)21-19(25)17-16(24)8-9-22-14-5-3-2-4-12(14)20-18(17)22/h2-7,10,24H,8-9H2,1H3,(H,21,25). The van der Waals surface area contributed by atoms with E-state index in [-0.39, 0.29) is 29.1 Å². The molecule has 8 heteroatoms. The fourth-order valence-electron chi connectivity index (χ4n) is 3.28. The van der Waals surface area contributed by atoms with Crippen molar-refractivity contribution in [2.75, 3.05) is 5.32 Å². The molecule has 0 spiro atoms. The summed E-state index contributed by atoms with van der Waals surface area (Å²) >= 11 is 0. The van der Waals surface area contributed by atoms with Gasteiger partial charge in [0.1, 0.15) is 22.8 Å². The molecule has 27 heavy (non-hydrogen) atoms. The zero-order valence-electron chi connectivity index (χ0n) is 14.5. The summed E-state index contributed by atoms with van der Waals surface area (Å²) in [7, 11) is 0. The zero-order valence-corrected chi connectivity index (χ0v) is 14.5. The highest BCUT2D eigenvalue weighted by atomic mass is 16.6. The molecule has 0 saturated heterocycles. The largest absolute Gasteiger partial charge is 0.511 e. The van der Waals surface area contributed by atoms with Gasteiger partial charge in [-0.05, 0) is 30.7 Å². The normalized spacial score (nSPS) is 13.5. The number of aromatic nitrogens is 2. The first kappa shape index (κ1) is 16.8. The molecule has 1 aromatic heterocycles. The highest BCUT2D eigenvalue weighted by Gasteiger charge is 2.29. The SMILES string of the molecule is Cc1ccc(NC(=O)C2=C(O)CCn3c2nc2ccccc23)c([N+](=O)[O-])c1. The molecule has 8 nitrogen and oxygen atoms in total. The average molecular weight is 364 g/mol. The van der Waals surface area contributed by atoms with E-state index >= 15 is 0 Å². The van der Waals surface area contributed by atoms with Crippen molar-refractivity contribution < 1.29 is 14.8 Å². The number of hydrogen-bond acceptors (Lipinski definition) is 5. The smallest absolute Gasteiger partial charge is 0.293 e. The number of para-hydroxylation sites is 2. The number of nitro benzene ring substituents is 1. The Balaban J connectivity index is 1.76. The topological polar surface area (TPSA) is 110 Å². The number of allylic oxidation sites excluding steroid dienone is 1. The molecule has 0 saturated carbocycles. The van der Waals surface area contributed by atoms with Crippen LogP contribution in [0.25, 0.3) is 16.6 Å². The number of fused-ring (bicyclic) bond motifs is 3. The Hall–Kier alpha value is -3.68. The van der Waals surface area contributed by atoms with E-state index in [4.69, 9.17) is 0 Å². The zero-order chi connectivity index (χ0) is 19.1. The lowest BCUT2D eigenvalue weighted by Crippen LogP contribution is -2.22. The van der Waals surface area contributed by atoms with Gasteiger partial charge in [-0.15, -0.1) is 0 Å². The summed E-state index contributed by atoms with van der Waals surface area (Å²) in [6.07, 6.45) is 0.284. The van der Waals surface area contributed by atoms with Gasteiger partial charge in [-0.2, -0.15) is 0 Å². The highest BCUT2D eigenvalue weighted by Crippen LogP contribution is 2.32. The van der Waals surface area contributed by atoms with Gasteiger partial charge >= 0.3 is 0 Å². The van der Waals surface area contributed by atoms with Crippen LogP contribution in [0.2, 0.25) is 0 Å². The molecule has 1 amide bonds. The third kappa shape index (κ3) is 2.80. The lowest BCUT2D eigenvalue weighted by Gasteiger charge is -2.18. The molecular formula is C19H16N4O4. The summed E-state index contributed by atoms with van der Waals surface area (Å²) < 4.78 is 1.87. The fraction of sp³-hybridized carbons (Fsp3) is 0.158. The Kier molecular flexibility index (Phi) is 3.88. The summed E-state index contributed by atoms with van der Waals surface area (Å²) in [6, 6.07) is 12.0. The molecule has 0 bridgehead atoms. The first-order chi connectivity index (χ1) is 13.0. The number of carbonyl (C=O) groups excluding carboxylic acids is 1. The summed E-state index contributed by atoms with van der Waals surface area (Å²) in [5.41, 5.74) is 2.20. The van der Waals surface area contributed by atoms with Crippen molar-refractivity contribution in [2.45, 2.75) is 19.9 Å². The van der Waals surface area contributed by atoms with Gasteiger partial charge in [-0.1, -0.05) is 18.2 Å². The van der Waals surface area contributed by atoms with Crippen LogP contribution in [0.3, 0.4) is 0 Å². The number of amides is 1. The van der Waals surface area contributed by atoms with Crippen molar-refractivity contribution >= 4 is 33.9 Å². The van der Waals surface area contributed by atoms with E-state index in [0.717, 1.165) is 5.52 Å². The van der Waals surface area contributed by atoms with Crippen molar-refractivity contribution in [1.29, 1.82) is 0 Å². The van der Waals surface area contributed by atoms with E-state index in [9.17, 15) is 20.0 Å². The van der Waals surface area contributed by atoms with E-state index in [0.29, 0.717) is 23.4 Å². The Morgan fingerprint density at radius 1 is 1.30 bits per heavy atom. The van der Waals surface area contributed by atoms with E-state index in [1.807, 2.05) is 28.8 Å². The molecule has 1 aliphatic heterocycles. The van der Waals surface area contributed by atoms with Gasteiger partial charge in [0, 0.05) is 19.0 Å². The minimum Gasteiger partial charge on any atom is -0.511 e. The van der Waals surface area contributed by atoms with Gasteiger partial charge in [0.25, 0.3) is 11.6 Å². The highest BCUT2D eigenvalue weighted by molar-refractivity contribution is 6.25. The molecule has 2 heterocycles. The quantitative estimate of drug-likeness (QED) is 0.545. The number of rotatable bonds is 3. The molecule has 2 N–H and O–H groups in total. The average Bonchev–Trinajstić information content (AvgIpc) is 3.01. The van der Waals surface area contributed by atoms with Gasteiger partial charge in [0.15, 0.2) is 0 Å². The number of nitrogens with zero attached hydrogens (tertiary/aromatic N) is 3. The number of nitro groups is 1. The number of nitrogens with one attached hydrogen (secondary N) is 1. The maximum atomic E-state index is 12.9. The minimum atomic E-state index is -0.629. The van der Waals surface area contributed by atoms with Gasteiger partial charge in [-0.25, -0.2) is 4.98 Å². The second kappa shape index (κ2) is 6.24. The van der Waals surface area contributed by atoms with Crippen molar-refractivity contribution in [3.8, 4) is 0 Å². The summed E-state index contributed by atoms with van der Waals surface area (Å²) in [5.74, 6) is -0.354. The first-order valence-corrected chi connectivity index (χ1v) is 8.40. The molecule has 0 fully saturated rings. The maximum absolute atomic E-state index is 12.9. The second-order valence-electron chi connectivity index (χ2n) is 6.38. The number of aryl methyl sites for hydroxylation is 2. The van der Waals surface area contributed by atoms with E-state index in [1.165, 1.54) is 12.1 Å². The Labute approximate surface area is 153 Å². The van der Waals surface area contributed by atoms with Crippen molar-refractivity contribution in [3.63, 3.8) is 0 Å². The minimum absolute atomic E-state index is 0.0346. The van der Waals surface area contributed by atoms with Crippen LogP contribution in [-0.4, -0.2) is 25.5 Å². The molecule has 0 atom stereocenters. The number of imidazole rings is 1. The Morgan fingerprint density at radius 2 is 2.07 bits per heavy atom. The molecule has 0 radical (unpaired) electrons. The van der Waals surface area contributed by atoms with E-state index in [2.05, 4.69) is 10.3 Å². The molecule has 1 aliphatic rings. The van der Waals surface area contributed by atoms with Crippen molar-refractivity contribution in [3.05, 3.63) is 69.7 Å². The molecule has 136 valence electrons. The van der Waals surface area contributed by atoms with Crippen LogP contribution in [-0.2, 0) is 11.3 Å². The number of aliphatic hydroxyl groups is 1. The maximum Gasteiger partial charge on any atom is 0.293 e. The fourth-order valence-corrected chi connectivity index (χ4v) is 3.28. The lowest BCUT2D eigenvalue weighted by atomic mass is 10.1. The van der Waals surface area contributed by atoms with Gasteiger partial charge in [0.2, 0.25) is 0 Å². The number of aliphatic hydroxyl groups excluding tert-OH is 1. The summed E-state index contributed by atoms with van der Waals surface area (Å²) in [6.45, 7) is 2.24. The monoisotopic (exact) mass is 364 g/mol. The Bertz CT molecular complexity index is 1130. The number of benzene rings is 2. The van der Waals surface area contributed by atoms with Crippen LogP contribution >= 0.6 is 0 Å². The van der Waals surface area contributed by atoms with Crippen LogP contribution in [0.1, 0.15) is 17.8 Å². The van der Waals surface area contributed by atoms with Crippen molar-refractivity contribution in [1.82, 2.24) is 9.55 Å².